The van der Waals surface area contributed by atoms with Gasteiger partial charge in [-0.25, -0.2) is 4.98 Å². The average molecular weight is 330 g/mol. The molecule has 2 aromatic rings. The number of hydrogen-bond donors (Lipinski definition) is 1. The normalized spacial score (nSPS) is 17.0. The van der Waals surface area contributed by atoms with Crippen LogP contribution in [0.3, 0.4) is 0 Å². The lowest BCUT2D eigenvalue weighted by Crippen LogP contribution is -2.35. The van der Waals surface area contributed by atoms with Crippen molar-refractivity contribution in [3.8, 4) is 17.2 Å². The third kappa shape index (κ3) is 3.76. The van der Waals surface area contributed by atoms with Gasteiger partial charge in [0.05, 0.1) is 12.8 Å². The van der Waals surface area contributed by atoms with Crippen molar-refractivity contribution >= 4 is 5.91 Å². The first-order chi connectivity index (χ1) is 11.7. The highest BCUT2D eigenvalue weighted by atomic mass is 16.5. The maximum atomic E-state index is 11.9. The Morgan fingerprint density at radius 2 is 2.17 bits per heavy atom. The van der Waals surface area contributed by atoms with E-state index in [1.165, 1.54) is 0 Å². The van der Waals surface area contributed by atoms with Gasteiger partial charge in [-0.15, -0.1) is 0 Å². The molecule has 1 aromatic heterocycles. The third-order valence-corrected chi connectivity index (χ3v) is 4.11. The van der Waals surface area contributed by atoms with Gasteiger partial charge >= 0.3 is 0 Å². The molecule has 128 valence electrons. The summed E-state index contributed by atoms with van der Waals surface area (Å²) in [6.45, 7) is 3.08. The minimum absolute atomic E-state index is 0.0379. The molecule has 6 nitrogen and oxygen atoms in total. The molecule has 24 heavy (non-hydrogen) atoms. The van der Waals surface area contributed by atoms with E-state index in [0.29, 0.717) is 25.5 Å². The lowest BCUT2D eigenvalue weighted by molar-refractivity contribution is -0.129. The number of aromatic nitrogens is 1. The van der Waals surface area contributed by atoms with Gasteiger partial charge in [0.25, 0.3) is 0 Å². The maximum Gasteiger partial charge on any atom is 0.249 e. The van der Waals surface area contributed by atoms with Gasteiger partial charge in [0.1, 0.15) is 17.6 Å². The second-order valence-corrected chi connectivity index (χ2v) is 5.79. The fourth-order valence-electron chi connectivity index (χ4n) is 2.72. The quantitative estimate of drug-likeness (QED) is 0.881. The predicted molar refractivity (Wildman–Crippen MR) is 88.9 cm³/mol. The topological polar surface area (TPSA) is 73.6 Å². The monoisotopic (exact) mass is 330 g/mol. The molecule has 2 heterocycles. The van der Waals surface area contributed by atoms with E-state index >= 15 is 0 Å². The number of nitrogens with zero attached hydrogens (tertiary/aromatic N) is 1. The van der Waals surface area contributed by atoms with Gasteiger partial charge in [-0.05, 0) is 44.0 Å². The number of rotatable bonds is 6. The summed E-state index contributed by atoms with van der Waals surface area (Å²) < 4.78 is 16.3. The number of aryl methyl sites for hydroxylation is 1. The van der Waals surface area contributed by atoms with Crippen molar-refractivity contribution in [1.82, 2.24) is 10.3 Å². The van der Waals surface area contributed by atoms with E-state index in [4.69, 9.17) is 13.9 Å². The third-order valence-electron chi connectivity index (χ3n) is 4.11. The number of nitrogens with one attached hydrogen (secondary N) is 1. The molecule has 1 aliphatic heterocycles. The van der Waals surface area contributed by atoms with Gasteiger partial charge in [0.15, 0.2) is 0 Å². The van der Waals surface area contributed by atoms with Crippen molar-refractivity contribution in [2.24, 2.45) is 0 Å². The van der Waals surface area contributed by atoms with Crippen LogP contribution in [0.1, 0.15) is 24.3 Å². The smallest absolute Gasteiger partial charge is 0.249 e. The van der Waals surface area contributed by atoms with E-state index in [0.717, 1.165) is 35.6 Å². The fraction of sp³-hybridized carbons (Fsp3) is 0.444. The Morgan fingerprint density at radius 1 is 1.38 bits per heavy atom. The van der Waals surface area contributed by atoms with Crippen LogP contribution in [0.25, 0.3) is 11.5 Å². The first kappa shape index (κ1) is 16.5. The Morgan fingerprint density at radius 3 is 2.83 bits per heavy atom. The SMILES string of the molecule is COc1ccc(-c2nc(CCNC(=O)C3CCCO3)c(C)o2)cc1. The molecule has 6 heteroatoms. The van der Waals surface area contributed by atoms with Crippen LogP contribution in [0.4, 0.5) is 0 Å². The Bertz CT molecular complexity index is 688. The average Bonchev–Trinajstić information content (AvgIpc) is 3.25. The van der Waals surface area contributed by atoms with E-state index in [1.807, 2.05) is 31.2 Å². The van der Waals surface area contributed by atoms with Crippen LogP contribution >= 0.6 is 0 Å². The number of carbonyl (C=O) groups excluding carboxylic acids is 1. The fourth-order valence-corrected chi connectivity index (χ4v) is 2.72. The zero-order chi connectivity index (χ0) is 16.9. The molecule has 1 aromatic carbocycles. The maximum absolute atomic E-state index is 11.9. The summed E-state index contributed by atoms with van der Waals surface area (Å²) in [5.41, 5.74) is 1.75. The zero-order valence-electron chi connectivity index (χ0n) is 14.0. The van der Waals surface area contributed by atoms with E-state index in [1.54, 1.807) is 7.11 Å². The second-order valence-electron chi connectivity index (χ2n) is 5.79. The Kier molecular flexibility index (Phi) is 5.15. The van der Waals surface area contributed by atoms with E-state index in [2.05, 4.69) is 10.3 Å². The molecule has 1 saturated heterocycles. The highest BCUT2D eigenvalue weighted by molar-refractivity contribution is 5.80. The molecule has 0 saturated carbocycles. The summed E-state index contributed by atoms with van der Waals surface area (Å²) in [7, 11) is 1.63. The summed E-state index contributed by atoms with van der Waals surface area (Å²) in [6.07, 6.45) is 2.09. The Hall–Kier alpha value is -2.34. The standard InChI is InChI=1S/C18H22N2O4/c1-12-15(9-10-19-17(21)16-4-3-11-23-16)20-18(24-12)13-5-7-14(22-2)8-6-13/h5-8,16H,3-4,9-11H2,1-2H3,(H,19,21). The molecule has 1 unspecified atom stereocenters. The molecule has 0 spiro atoms. The number of methoxy groups -OCH3 is 1. The first-order valence-electron chi connectivity index (χ1n) is 8.17. The van der Waals surface area contributed by atoms with Crippen molar-refractivity contribution in [3.63, 3.8) is 0 Å². The van der Waals surface area contributed by atoms with Gasteiger partial charge in [0.2, 0.25) is 11.8 Å². The first-order valence-corrected chi connectivity index (χ1v) is 8.17. The molecular formula is C18H22N2O4. The highest BCUT2D eigenvalue weighted by Gasteiger charge is 2.23. The second kappa shape index (κ2) is 7.49. The largest absolute Gasteiger partial charge is 0.497 e. The van der Waals surface area contributed by atoms with Crippen molar-refractivity contribution in [1.29, 1.82) is 0 Å². The molecule has 3 rings (SSSR count). The minimum Gasteiger partial charge on any atom is -0.497 e. The van der Waals surface area contributed by atoms with E-state index < -0.39 is 0 Å². The molecule has 1 amide bonds. The van der Waals surface area contributed by atoms with Crippen molar-refractivity contribution in [2.75, 3.05) is 20.3 Å². The predicted octanol–water partition coefficient (Wildman–Crippen LogP) is 2.50. The molecular weight excluding hydrogens is 308 g/mol. The van der Waals surface area contributed by atoms with Gasteiger partial charge in [0, 0.05) is 25.1 Å². The number of ether oxygens (including phenoxy) is 2. The zero-order valence-corrected chi connectivity index (χ0v) is 14.0. The molecule has 0 bridgehead atoms. The number of amides is 1. The van der Waals surface area contributed by atoms with Crippen LogP contribution in [0.15, 0.2) is 28.7 Å². The molecule has 1 aliphatic rings. The Balaban J connectivity index is 1.58. The van der Waals surface area contributed by atoms with Crippen LogP contribution in [0, 0.1) is 6.92 Å². The molecule has 0 aliphatic carbocycles. The molecule has 1 fully saturated rings. The van der Waals surface area contributed by atoms with Gasteiger partial charge in [-0.1, -0.05) is 0 Å². The summed E-state index contributed by atoms with van der Waals surface area (Å²) in [4.78, 5) is 16.5. The van der Waals surface area contributed by atoms with Gasteiger partial charge < -0.3 is 19.2 Å². The van der Waals surface area contributed by atoms with E-state index in [-0.39, 0.29) is 12.0 Å². The number of carbonyl (C=O) groups is 1. The van der Waals surface area contributed by atoms with E-state index in [9.17, 15) is 4.79 Å². The van der Waals surface area contributed by atoms with Crippen molar-refractivity contribution in [2.45, 2.75) is 32.3 Å². The number of oxazole rings is 1. The summed E-state index contributed by atoms with van der Waals surface area (Å²) in [6, 6.07) is 7.56. The van der Waals surface area contributed by atoms with Crippen LogP contribution in [-0.2, 0) is 16.0 Å². The van der Waals surface area contributed by atoms with Crippen LogP contribution in [0.5, 0.6) is 5.75 Å². The van der Waals surface area contributed by atoms with Gasteiger partial charge in [-0.2, -0.15) is 0 Å². The molecule has 0 radical (unpaired) electrons. The van der Waals surface area contributed by atoms with Gasteiger partial charge in [-0.3, -0.25) is 4.79 Å². The van der Waals surface area contributed by atoms with Crippen molar-refractivity contribution in [3.05, 3.63) is 35.7 Å². The minimum atomic E-state index is -0.293. The number of benzene rings is 1. The van der Waals surface area contributed by atoms with Crippen LogP contribution in [0.2, 0.25) is 0 Å². The summed E-state index contributed by atoms with van der Waals surface area (Å²) in [5, 5.41) is 2.90. The van der Waals surface area contributed by atoms with Crippen molar-refractivity contribution < 1.29 is 18.7 Å². The Labute approximate surface area is 141 Å². The lowest BCUT2D eigenvalue weighted by atomic mass is 10.2. The number of hydrogen-bond acceptors (Lipinski definition) is 5. The highest BCUT2D eigenvalue weighted by Crippen LogP contribution is 2.24. The summed E-state index contributed by atoms with van der Waals surface area (Å²) in [5.74, 6) is 2.10. The molecule has 1 atom stereocenters. The van der Waals surface area contributed by atoms with Crippen LogP contribution < -0.4 is 10.1 Å². The summed E-state index contributed by atoms with van der Waals surface area (Å²) >= 11 is 0. The molecule has 1 N–H and O–H groups in total. The lowest BCUT2D eigenvalue weighted by Gasteiger charge is -2.09. The van der Waals surface area contributed by atoms with Crippen LogP contribution in [-0.4, -0.2) is 37.3 Å².